The number of nitrogens with one attached hydrogen (secondary N) is 1. The van der Waals surface area contributed by atoms with Gasteiger partial charge in [0, 0.05) is 61.5 Å². The quantitative estimate of drug-likeness (QED) is 0.375. The Labute approximate surface area is 266 Å². The van der Waals surface area contributed by atoms with Crippen molar-refractivity contribution in [2.24, 2.45) is 0 Å². The molecule has 3 saturated heterocycles. The first-order chi connectivity index (χ1) is 22.2. The molecule has 10 nitrogen and oxygen atoms in total. The van der Waals surface area contributed by atoms with Crippen LogP contribution in [0.25, 0.3) is 10.8 Å². The van der Waals surface area contributed by atoms with E-state index in [-0.39, 0.29) is 12.3 Å². The number of piperazine rings is 1. The first-order valence-electron chi connectivity index (χ1n) is 16.7. The van der Waals surface area contributed by atoms with Crippen molar-refractivity contribution in [1.29, 1.82) is 5.26 Å². The molecule has 0 aliphatic carbocycles. The number of likely N-dealkylation sites (tertiary alicyclic amines) is 1. The topological polar surface area (TPSA) is 99.0 Å². The number of rotatable bonds is 9. The lowest BCUT2D eigenvalue weighted by atomic mass is 9.99. The Hall–Kier alpha value is -3.49. The number of fused-ring (bicyclic) bond motifs is 2. The van der Waals surface area contributed by atoms with Crippen LogP contribution in [0.5, 0.6) is 6.01 Å². The highest BCUT2D eigenvalue weighted by Gasteiger charge is 2.30. The minimum Gasteiger partial charge on any atom is -0.462 e. The number of nitriles is 1. The van der Waals surface area contributed by atoms with Gasteiger partial charge in [0.25, 0.3) is 0 Å². The van der Waals surface area contributed by atoms with Gasteiger partial charge >= 0.3 is 6.01 Å². The molecule has 0 bridgehead atoms. The van der Waals surface area contributed by atoms with E-state index in [9.17, 15) is 5.26 Å². The zero-order chi connectivity index (χ0) is 30.6. The molecular weight excluding hydrogens is 566 g/mol. The molecular formula is C35H45N7O3. The van der Waals surface area contributed by atoms with Crippen molar-refractivity contribution in [3.05, 3.63) is 53.2 Å². The van der Waals surface area contributed by atoms with Crippen LogP contribution in [-0.2, 0) is 29.0 Å². The molecule has 238 valence electrons. The summed E-state index contributed by atoms with van der Waals surface area (Å²) in [6, 6.07) is 16.4. The predicted molar refractivity (Wildman–Crippen MR) is 174 cm³/mol. The Bertz CT molecular complexity index is 1520. The van der Waals surface area contributed by atoms with E-state index in [2.05, 4.69) is 69.5 Å². The Morgan fingerprint density at radius 1 is 1.04 bits per heavy atom. The fourth-order valence-corrected chi connectivity index (χ4v) is 7.35. The van der Waals surface area contributed by atoms with Crippen molar-refractivity contribution in [3.8, 4) is 12.1 Å². The van der Waals surface area contributed by atoms with Gasteiger partial charge in [-0.1, -0.05) is 30.3 Å². The summed E-state index contributed by atoms with van der Waals surface area (Å²) in [5, 5.41) is 15.3. The van der Waals surface area contributed by atoms with E-state index < -0.39 is 0 Å². The van der Waals surface area contributed by atoms with E-state index in [1.54, 1.807) is 0 Å². The van der Waals surface area contributed by atoms with E-state index >= 15 is 0 Å². The minimum absolute atomic E-state index is 0.126. The molecule has 0 amide bonds. The third kappa shape index (κ3) is 6.73. The molecule has 5 heterocycles. The summed E-state index contributed by atoms with van der Waals surface area (Å²) in [6.07, 6.45) is 6.74. The lowest BCUT2D eigenvalue weighted by molar-refractivity contribution is -0.168. The summed E-state index contributed by atoms with van der Waals surface area (Å²) in [5.74, 6) is 0.971. The van der Waals surface area contributed by atoms with E-state index in [0.29, 0.717) is 38.2 Å². The second-order valence-corrected chi connectivity index (χ2v) is 12.9. The van der Waals surface area contributed by atoms with Crippen molar-refractivity contribution >= 4 is 22.3 Å². The number of hydrogen-bond donors (Lipinski definition) is 1. The number of ether oxygens (including phenoxy) is 3. The molecule has 0 saturated carbocycles. The molecule has 3 aromatic rings. The van der Waals surface area contributed by atoms with Crippen LogP contribution >= 0.6 is 0 Å². The van der Waals surface area contributed by atoms with Gasteiger partial charge < -0.3 is 34.2 Å². The summed E-state index contributed by atoms with van der Waals surface area (Å²) < 4.78 is 18.5. The average Bonchev–Trinajstić information content (AvgIpc) is 3.50. The highest BCUT2D eigenvalue weighted by Crippen LogP contribution is 2.36. The summed E-state index contributed by atoms with van der Waals surface area (Å²) in [4.78, 5) is 17.2. The highest BCUT2D eigenvalue weighted by molar-refractivity contribution is 5.97. The Morgan fingerprint density at radius 3 is 2.78 bits per heavy atom. The van der Waals surface area contributed by atoms with Crippen LogP contribution in [0.15, 0.2) is 36.4 Å². The van der Waals surface area contributed by atoms with Crippen molar-refractivity contribution in [2.45, 2.75) is 76.5 Å². The molecule has 10 heteroatoms. The van der Waals surface area contributed by atoms with E-state index in [4.69, 9.17) is 24.2 Å². The van der Waals surface area contributed by atoms with E-state index in [1.807, 2.05) is 0 Å². The summed E-state index contributed by atoms with van der Waals surface area (Å²) >= 11 is 0. The van der Waals surface area contributed by atoms with Crippen LogP contribution in [0, 0.1) is 11.3 Å². The smallest absolute Gasteiger partial charge is 0.318 e. The van der Waals surface area contributed by atoms with Gasteiger partial charge in [0.15, 0.2) is 6.29 Å². The van der Waals surface area contributed by atoms with Crippen LogP contribution in [0.2, 0.25) is 0 Å². The molecule has 1 N–H and O–H groups in total. The summed E-state index contributed by atoms with van der Waals surface area (Å²) in [7, 11) is 2.17. The molecule has 3 atom stereocenters. The van der Waals surface area contributed by atoms with Gasteiger partial charge in [-0.3, -0.25) is 0 Å². The van der Waals surface area contributed by atoms with Gasteiger partial charge in [-0.05, 0) is 69.1 Å². The number of anilines is 2. The zero-order valence-corrected chi connectivity index (χ0v) is 26.4. The number of hydrogen-bond acceptors (Lipinski definition) is 10. The molecule has 7 rings (SSSR count). The monoisotopic (exact) mass is 611 g/mol. The van der Waals surface area contributed by atoms with Gasteiger partial charge in [-0.25, -0.2) is 0 Å². The maximum absolute atomic E-state index is 9.36. The molecule has 1 aromatic heterocycles. The van der Waals surface area contributed by atoms with Gasteiger partial charge in [0.2, 0.25) is 0 Å². The maximum atomic E-state index is 9.36. The summed E-state index contributed by atoms with van der Waals surface area (Å²) in [6.45, 7) is 6.96. The Morgan fingerprint density at radius 2 is 1.96 bits per heavy atom. The SMILES string of the molecule is CN1CCC[C@H]1COc1nc2c(c(N3CCN[C@@H](CC#N)C3)n1)CCN(c1cccc3cccc(COC4CCCCO4)c13)C2. The molecule has 45 heavy (non-hydrogen) atoms. The zero-order valence-electron chi connectivity index (χ0n) is 26.4. The van der Waals surface area contributed by atoms with Crippen LogP contribution in [0.3, 0.4) is 0 Å². The molecule has 2 aromatic carbocycles. The first kappa shape index (κ1) is 30.2. The standard InChI is InChI=1S/C35H45N7O3/c1-40-17-6-10-28(40)24-45-35-38-30-22-41(18-14-29(30)34(39-35)42-19-16-37-27(21-42)13-15-36)31-11-5-8-25-7-4-9-26(33(25)31)23-44-32-12-2-3-20-43-32/h4-5,7-9,11,27-28,32,37H,2-3,6,10,12-14,16-24H2,1H3/t27-,28-,32?/m0/s1. The van der Waals surface area contributed by atoms with Crippen LogP contribution in [-0.4, -0.2) is 86.2 Å². The summed E-state index contributed by atoms with van der Waals surface area (Å²) in [5.41, 5.74) is 4.61. The third-order valence-corrected chi connectivity index (χ3v) is 9.86. The third-order valence-electron chi connectivity index (χ3n) is 9.86. The highest BCUT2D eigenvalue weighted by atomic mass is 16.7. The van der Waals surface area contributed by atoms with Gasteiger partial charge in [0.1, 0.15) is 12.4 Å². The minimum atomic E-state index is -0.127. The van der Waals surface area contributed by atoms with Crippen molar-refractivity contribution < 1.29 is 14.2 Å². The number of nitrogens with zero attached hydrogens (tertiary/aromatic N) is 6. The average molecular weight is 612 g/mol. The molecule has 4 aliphatic rings. The number of benzene rings is 2. The lowest BCUT2D eigenvalue weighted by Crippen LogP contribution is -2.51. The molecule has 1 unspecified atom stereocenters. The second kappa shape index (κ2) is 13.9. The lowest BCUT2D eigenvalue weighted by Gasteiger charge is -2.37. The fourth-order valence-electron chi connectivity index (χ4n) is 7.35. The fraction of sp³-hybridized carbons (Fsp3) is 0.571. The molecule has 4 aliphatic heterocycles. The number of likely N-dealkylation sites (N-methyl/N-ethyl adjacent to an activating group) is 1. The van der Waals surface area contributed by atoms with Gasteiger partial charge in [0.05, 0.1) is 31.3 Å². The maximum Gasteiger partial charge on any atom is 0.318 e. The van der Waals surface area contributed by atoms with Crippen molar-refractivity contribution in [2.75, 3.05) is 62.8 Å². The van der Waals surface area contributed by atoms with E-state index in [0.717, 1.165) is 82.9 Å². The van der Waals surface area contributed by atoms with Crippen molar-refractivity contribution in [1.82, 2.24) is 20.2 Å². The Kier molecular flexibility index (Phi) is 9.31. The molecule has 0 radical (unpaired) electrons. The van der Waals surface area contributed by atoms with Gasteiger partial charge in [-0.15, -0.1) is 0 Å². The van der Waals surface area contributed by atoms with Crippen LogP contribution < -0.4 is 19.9 Å². The Balaban J connectivity index is 1.18. The normalized spacial score (nSPS) is 24.0. The largest absolute Gasteiger partial charge is 0.462 e. The second-order valence-electron chi connectivity index (χ2n) is 12.9. The van der Waals surface area contributed by atoms with Gasteiger partial charge in [-0.2, -0.15) is 15.2 Å². The molecule has 0 spiro atoms. The predicted octanol–water partition coefficient (Wildman–Crippen LogP) is 4.40. The van der Waals surface area contributed by atoms with Crippen LogP contribution in [0.4, 0.5) is 11.5 Å². The van der Waals surface area contributed by atoms with E-state index in [1.165, 1.54) is 34.0 Å². The first-order valence-corrected chi connectivity index (χ1v) is 16.7. The number of aromatic nitrogens is 2. The van der Waals surface area contributed by atoms with Crippen molar-refractivity contribution in [3.63, 3.8) is 0 Å². The van der Waals surface area contributed by atoms with Crippen LogP contribution in [0.1, 0.15) is 55.3 Å². The molecule has 3 fully saturated rings.